The van der Waals surface area contributed by atoms with E-state index in [4.69, 9.17) is 26.3 Å². The van der Waals surface area contributed by atoms with E-state index in [0.29, 0.717) is 23.3 Å². The van der Waals surface area contributed by atoms with Crippen LogP contribution in [0.25, 0.3) is 43.9 Å². The molecule has 2 aliphatic rings. The van der Waals surface area contributed by atoms with Crippen molar-refractivity contribution in [2.24, 2.45) is 10.8 Å². The molecule has 8 rings (SSSR count). The second-order valence-electron chi connectivity index (χ2n) is 15.9. The van der Waals surface area contributed by atoms with E-state index >= 15 is 0 Å². The molecular formula is C48H52O8P2. The molecule has 0 aliphatic heterocycles. The average molecular weight is 819 g/mol. The Morgan fingerprint density at radius 1 is 0.603 bits per heavy atom. The van der Waals surface area contributed by atoms with E-state index in [2.05, 4.69) is 20.8 Å². The highest BCUT2D eigenvalue weighted by Gasteiger charge is 2.31. The Balaban J connectivity index is 0.000000158. The van der Waals surface area contributed by atoms with Gasteiger partial charge in [0.05, 0.1) is 13.2 Å². The van der Waals surface area contributed by atoms with E-state index in [9.17, 15) is 10.2 Å². The number of rotatable bonds is 3. The van der Waals surface area contributed by atoms with Crippen LogP contribution in [0, 0.1) is 10.8 Å². The quantitative estimate of drug-likeness (QED) is 0.182. The molecule has 2 heterocycles. The predicted octanol–water partition coefficient (Wildman–Crippen LogP) is 14.7. The predicted molar refractivity (Wildman–Crippen MR) is 240 cm³/mol. The summed E-state index contributed by atoms with van der Waals surface area (Å²) in [6.45, 7) is 12.3. The van der Waals surface area contributed by atoms with Gasteiger partial charge in [0.2, 0.25) is 17.3 Å². The molecule has 0 radical (unpaired) electrons. The number of hydrogen-bond donors (Lipinski definition) is 2. The maximum Gasteiger partial charge on any atom is 0.201 e. The molecule has 0 amide bonds. The van der Waals surface area contributed by atoms with E-state index in [-0.39, 0.29) is 45.8 Å². The maximum atomic E-state index is 11.3. The number of aliphatic hydroxyl groups is 2. The maximum absolute atomic E-state index is 11.3. The van der Waals surface area contributed by atoms with Crippen LogP contribution in [0.15, 0.2) is 184 Å². The van der Waals surface area contributed by atoms with Crippen molar-refractivity contribution in [1.82, 2.24) is 0 Å². The molecule has 8 nitrogen and oxygen atoms in total. The Kier molecular flexibility index (Phi) is 13.3. The fraction of sp³-hybridized carbons (Fsp3) is 0.250. The summed E-state index contributed by atoms with van der Waals surface area (Å²) in [7, 11) is 3.31. The minimum atomic E-state index is -0.298. The summed E-state index contributed by atoms with van der Waals surface area (Å²) in [5.74, 6) is 1.05. The molecule has 1 atom stereocenters. The molecule has 1 unspecified atom stereocenters. The van der Waals surface area contributed by atoms with Crippen LogP contribution >= 0.6 is 17.3 Å². The van der Waals surface area contributed by atoms with Crippen LogP contribution in [-0.2, 0) is 9.47 Å². The minimum absolute atomic E-state index is 0.0288. The SMILES string of the molecule is COC1=CCC(C2=CC(OC)C=CC(C(C)(C)C)=C2O)=C(O)C(C(C)(C)C)=C1.c1ccc2c(c1)o[pH]oc1ccccc12.c1ccc2c(c1)o[pH]oc1ccccc12. The second kappa shape index (κ2) is 18.4. The minimum Gasteiger partial charge on any atom is -0.507 e. The summed E-state index contributed by atoms with van der Waals surface area (Å²) in [6, 6.07) is 32.0. The Morgan fingerprint density at radius 2 is 1.03 bits per heavy atom. The van der Waals surface area contributed by atoms with Gasteiger partial charge in [0.15, 0.2) is 0 Å². The zero-order valence-corrected chi connectivity index (χ0v) is 36.3. The van der Waals surface area contributed by atoms with Gasteiger partial charge < -0.3 is 36.5 Å². The third-order valence-corrected chi connectivity index (χ3v) is 11.0. The molecule has 2 aromatic heterocycles. The highest BCUT2D eigenvalue weighted by Crippen LogP contribution is 2.42. The molecule has 302 valence electrons. The van der Waals surface area contributed by atoms with Gasteiger partial charge in [-0.1, -0.05) is 126 Å². The van der Waals surface area contributed by atoms with Gasteiger partial charge in [-0.15, -0.1) is 0 Å². The summed E-state index contributed by atoms with van der Waals surface area (Å²) in [6.07, 6.45) is 9.64. The molecule has 2 N–H and O–H groups in total. The van der Waals surface area contributed by atoms with Gasteiger partial charge in [0, 0.05) is 45.4 Å². The topological polar surface area (TPSA) is 111 Å². The summed E-state index contributed by atoms with van der Waals surface area (Å²) in [5.41, 5.74) is 5.84. The zero-order valence-electron chi connectivity index (χ0n) is 34.3. The molecule has 58 heavy (non-hydrogen) atoms. The Bertz CT molecular complexity index is 2450. The summed E-state index contributed by atoms with van der Waals surface area (Å²) >= 11 is 0. The van der Waals surface area contributed by atoms with Crippen molar-refractivity contribution in [3.63, 3.8) is 0 Å². The zero-order chi connectivity index (χ0) is 41.5. The monoisotopic (exact) mass is 818 g/mol. The second-order valence-corrected chi connectivity index (χ2v) is 17.0. The van der Waals surface area contributed by atoms with Gasteiger partial charge in [0.25, 0.3) is 0 Å². The van der Waals surface area contributed by atoms with Gasteiger partial charge >= 0.3 is 0 Å². The van der Waals surface area contributed by atoms with Crippen molar-refractivity contribution in [1.29, 1.82) is 0 Å². The van der Waals surface area contributed by atoms with Crippen LogP contribution in [0.2, 0.25) is 0 Å². The van der Waals surface area contributed by atoms with Crippen LogP contribution in [0.1, 0.15) is 48.0 Å². The third-order valence-electron chi connectivity index (χ3n) is 9.81. The van der Waals surface area contributed by atoms with Crippen LogP contribution < -0.4 is 0 Å². The van der Waals surface area contributed by atoms with E-state index in [1.807, 2.05) is 148 Å². The standard InChI is InChI=1S/C24H34O4.2C12H9O2P/c1-23(2,3)19-12-10-15(27-7)13-18(22(19)26)17-11-9-16(28-8)14-20(21(17)25)24(4,5)6;2*1-3-7-11-9(5-1)10-6-2-4-8-12(10)14-15-13-11/h9-10,12-15,25-26H,11H2,1-8H3;2*1-8,15H. The summed E-state index contributed by atoms with van der Waals surface area (Å²) in [5, 5.41) is 26.9. The van der Waals surface area contributed by atoms with Crippen LogP contribution in [0.4, 0.5) is 0 Å². The summed E-state index contributed by atoms with van der Waals surface area (Å²) in [4.78, 5) is 0. The number of para-hydroxylation sites is 4. The number of allylic oxidation sites excluding steroid dienone is 6. The third kappa shape index (κ3) is 9.77. The lowest BCUT2D eigenvalue weighted by Gasteiger charge is -2.26. The van der Waals surface area contributed by atoms with Crippen LogP contribution in [0.3, 0.4) is 0 Å². The van der Waals surface area contributed by atoms with E-state index in [1.165, 1.54) is 0 Å². The first-order valence-corrected chi connectivity index (χ1v) is 20.7. The first-order chi connectivity index (χ1) is 27.8. The molecule has 10 heteroatoms. The van der Waals surface area contributed by atoms with Gasteiger partial charge in [0.1, 0.15) is 39.6 Å². The lowest BCUT2D eigenvalue weighted by molar-refractivity contribution is 0.177. The average Bonchev–Trinajstić information content (AvgIpc) is 3.67. The number of fused-ring (bicyclic) bond motifs is 6. The number of benzene rings is 4. The van der Waals surface area contributed by atoms with Crippen molar-refractivity contribution in [3.05, 3.63) is 167 Å². The molecule has 0 fully saturated rings. The van der Waals surface area contributed by atoms with Gasteiger partial charge in [-0.2, -0.15) is 0 Å². The Morgan fingerprint density at radius 3 is 1.41 bits per heavy atom. The van der Waals surface area contributed by atoms with Crippen LogP contribution in [0.5, 0.6) is 0 Å². The fourth-order valence-electron chi connectivity index (χ4n) is 6.73. The van der Waals surface area contributed by atoms with Crippen molar-refractivity contribution in [2.45, 2.75) is 54.1 Å². The number of methoxy groups -OCH3 is 2. The molecule has 0 bridgehead atoms. The Hall–Kier alpha value is -5.52. The van der Waals surface area contributed by atoms with E-state index in [0.717, 1.165) is 55.0 Å². The largest absolute Gasteiger partial charge is 0.507 e. The molecular weight excluding hydrogens is 766 g/mol. The molecule has 4 aromatic carbocycles. The fourth-order valence-corrected chi connectivity index (χ4v) is 7.88. The van der Waals surface area contributed by atoms with Crippen LogP contribution in [-0.4, -0.2) is 30.5 Å². The number of hydrogen-bond acceptors (Lipinski definition) is 8. The van der Waals surface area contributed by atoms with Crippen molar-refractivity contribution in [2.75, 3.05) is 14.2 Å². The first-order valence-electron chi connectivity index (χ1n) is 19.1. The van der Waals surface area contributed by atoms with Gasteiger partial charge in [-0.25, -0.2) is 0 Å². The molecule has 6 aromatic rings. The summed E-state index contributed by atoms with van der Waals surface area (Å²) < 4.78 is 33.2. The molecule has 2 aliphatic carbocycles. The van der Waals surface area contributed by atoms with Crippen molar-refractivity contribution >= 4 is 61.2 Å². The van der Waals surface area contributed by atoms with Gasteiger partial charge in [-0.3, -0.25) is 0 Å². The number of ether oxygens (including phenoxy) is 2. The number of aliphatic hydroxyl groups excluding tert-OH is 2. The highest BCUT2D eigenvalue weighted by atomic mass is 31.1. The van der Waals surface area contributed by atoms with Gasteiger partial charge in [-0.05, 0) is 65.3 Å². The normalized spacial score (nSPS) is 16.0. The molecule has 0 saturated heterocycles. The Labute approximate surface area is 342 Å². The first kappa shape index (κ1) is 42.1. The molecule has 0 saturated carbocycles. The lowest BCUT2D eigenvalue weighted by Crippen LogP contribution is -2.15. The lowest BCUT2D eigenvalue weighted by atomic mass is 9.81. The van der Waals surface area contributed by atoms with Crippen molar-refractivity contribution in [3.8, 4) is 0 Å². The van der Waals surface area contributed by atoms with Crippen molar-refractivity contribution < 1.29 is 36.5 Å². The molecule has 0 spiro atoms. The highest BCUT2D eigenvalue weighted by molar-refractivity contribution is 7.15. The smallest absolute Gasteiger partial charge is 0.201 e. The van der Waals surface area contributed by atoms with E-state index in [1.54, 1.807) is 14.2 Å². The van der Waals surface area contributed by atoms with E-state index < -0.39 is 0 Å².